The predicted octanol–water partition coefficient (Wildman–Crippen LogP) is 1.87. The normalized spacial score (nSPS) is 11.9. The number of rotatable bonds is 7. The van der Waals surface area contributed by atoms with Crippen molar-refractivity contribution in [3.05, 3.63) is 64.6 Å². The van der Waals surface area contributed by atoms with Crippen LogP contribution >= 0.6 is 0 Å². The molecule has 0 radical (unpaired) electrons. The van der Waals surface area contributed by atoms with Crippen LogP contribution in [0.3, 0.4) is 0 Å². The number of fused-ring (bicyclic) bond motifs is 1. The van der Waals surface area contributed by atoms with Gasteiger partial charge in [0.25, 0.3) is 11.5 Å². The molecule has 140 valence electrons. The standard InChI is InChI=1S/C19H19N3O5/c1-12(15-7-4-10-26-15)20-17(23)11-27-18(24)9-8-16-21-14-6-3-2-5-13(14)19(25)22-16/h2-7,10,12H,8-9,11H2,1H3,(H,20,23)(H,21,22,25)/t12-/m0/s1. The van der Waals surface area contributed by atoms with E-state index < -0.39 is 11.9 Å². The van der Waals surface area contributed by atoms with E-state index in [4.69, 9.17) is 9.15 Å². The molecule has 1 aromatic carbocycles. The van der Waals surface area contributed by atoms with Crippen molar-refractivity contribution in [1.29, 1.82) is 0 Å². The van der Waals surface area contributed by atoms with Gasteiger partial charge in [-0.1, -0.05) is 12.1 Å². The van der Waals surface area contributed by atoms with Crippen LogP contribution in [-0.4, -0.2) is 28.5 Å². The summed E-state index contributed by atoms with van der Waals surface area (Å²) in [6.07, 6.45) is 1.73. The molecule has 0 unspecified atom stereocenters. The second-order valence-electron chi connectivity index (χ2n) is 6.00. The average Bonchev–Trinajstić information content (AvgIpc) is 3.20. The molecule has 0 aliphatic rings. The first kappa shape index (κ1) is 18.4. The molecule has 0 bridgehead atoms. The van der Waals surface area contributed by atoms with Crippen molar-refractivity contribution < 1.29 is 18.7 Å². The van der Waals surface area contributed by atoms with Crippen LogP contribution in [0.25, 0.3) is 10.9 Å². The average molecular weight is 369 g/mol. The summed E-state index contributed by atoms with van der Waals surface area (Å²) in [6.45, 7) is 1.38. The van der Waals surface area contributed by atoms with Crippen LogP contribution in [0.1, 0.15) is 31.0 Å². The van der Waals surface area contributed by atoms with Crippen LogP contribution in [0.2, 0.25) is 0 Å². The molecule has 1 amide bonds. The van der Waals surface area contributed by atoms with E-state index in [1.54, 1.807) is 43.3 Å². The quantitative estimate of drug-likeness (QED) is 0.615. The van der Waals surface area contributed by atoms with Crippen molar-refractivity contribution in [2.45, 2.75) is 25.8 Å². The summed E-state index contributed by atoms with van der Waals surface area (Å²) in [5, 5.41) is 3.16. The number of aromatic nitrogens is 2. The van der Waals surface area contributed by atoms with E-state index in [1.807, 2.05) is 0 Å². The van der Waals surface area contributed by atoms with Gasteiger partial charge in [-0.2, -0.15) is 0 Å². The first-order valence-corrected chi connectivity index (χ1v) is 8.49. The maximum Gasteiger partial charge on any atom is 0.306 e. The van der Waals surface area contributed by atoms with E-state index in [0.717, 1.165) is 0 Å². The van der Waals surface area contributed by atoms with Gasteiger partial charge in [-0.05, 0) is 31.2 Å². The second kappa shape index (κ2) is 8.31. The molecule has 2 aromatic heterocycles. The van der Waals surface area contributed by atoms with Crippen molar-refractivity contribution in [3.63, 3.8) is 0 Å². The van der Waals surface area contributed by atoms with E-state index >= 15 is 0 Å². The number of hydrogen-bond acceptors (Lipinski definition) is 6. The van der Waals surface area contributed by atoms with E-state index in [-0.39, 0.29) is 31.0 Å². The van der Waals surface area contributed by atoms with Crippen LogP contribution < -0.4 is 10.9 Å². The fourth-order valence-electron chi connectivity index (χ4n) is 2.58. The van der Waals surface area contributed by atoms with Crippen LogP contribution in [0.15, 0.2) is 51.9 Å². The van der Waals surface area contributed by atoms with Crippen LogP contribution in [0.4, 0.5) is 0 Å². The Bertz CT molecular complexity index is 994. The topological polar surface area (TPSA) is 114 Å². The Labute approximate surface area is 154 Å². The second-order valence-corrected chi connectivity index (χ2v) is 6.00. The molecule has 0 saturated carbocycles. The highest BCUT2D eigenvalue weighted by Crippen LogP contribution is 2.12. The number of furan rings is 1. The first-order chi connectivity index (χ1) is 13.0. The minimum atomic E-state index is -0.549. The van der Waals surface area contributed by atoms with Gasteiger partial charge in [0.1, 0.15) is 11.6 Å². The highest BCUT2D eigenvalue weighted by Gasteiger charge is 2.14. The highest BCUT2D eigenvalue weighted by molar-refractivity contribution is 5.81. The lowest BCUT2D eigenvalue weighted by molar-refractivity contribution is -0.148. The lowest BCUT2D eigenvalue weighted by atomic mass is 10.2. The van der Waals surface area contributed by atoms with Crippen LogP contribution in [-0.2, 0) is 20.7 Å². The molecule has 0 fully saturated rings. The summed E-state index contributed by atoms with van der Waals surface area (Å²) in [5.41, 5.74) is 0.311. The van der Waals surface area contributed by atoms with Gasteiger partial charge in [-0.15, -0.1) is 0 Å². The van der Waals surface area contributed by atoms with Crippen molar-refractivity contribution in [2.75, 3.05) is 6.61 Å². The van der Waals surface area contributed by atoms with Crippen molar-refractivity contribution in [2.24, 2.45) is 0 Å². The monoisotopic (exact) mass is 369 g/mol. The van der Waals surface area contributed by atoms with Crippen LogP contribution in [0, 0.1) is 0 Å². The van der Waals surface area contributed by atoms with Gasteiger partial charge in [0, 0.05) is 6.42 Å². The number of nitrogens with zero attached hydrogens (tertiary/aromatic N) is 1. The van der Waals surface area contributed by atoms with E-state index in [1.165, 1.54) is 6.26 Å². The Morgan fingerprint density at radius 3 is 2.85 bits per heavy atom. The third-order valence-corrected chi connectivity index (χ3v) is 3.94. The Balaban J connectivity index is 1.47. The molecule has 0 spiro atoms. The number of benzene rings is 1. The number of carbonyl (C=O) groups excluding carboxylic acids is 2. The van der Waals surface area contributed by atoms with E-state index in [9.17, 15) is 14.4 Å². The van der Waals surface area contributed by atoms with Gasteiger partial charge in [-0.3, -0.25) is 14.4 Å². The smallest absolute Gasteiger partial charge is 0.306 e. The van der Waals surface area contributed by atoms with Gasteiger partial charge in [0.15, 0.2) is 6.61 Å². The molecule has 2 heterocycles. The Kier molecular flexibility index (Phi) is 5.65. The molecule has 3 aromatic rings. The number of hydrogen-bond donors (Lipinski definition) is 2. The van der Waals surface area contributed by atoms with Gasteiger partial charge in [0.05, 0.1) is 29.6 Å². The van der Waals surface area contributed by atoms with Gasteiger partial charge in [0.2, 0.25) is 0 Å². The summed E-state index contributed by atoms with van der Waals surface area (Å²) in [6, 6.07) is 10.1. The molecule has 27 heavy (non-hydrogen) atoms. The Morgan fingerprint density at radius 1 is 1.26 bits per heavy atom. The van der Waals surface area contributed by atoms with Crippen molar-refractivity contribution in [3.8, 4) is 0 Å². The molecule has 3 rings (SSSR count). The van der Waals surface area contributed by atoms with E-state index in [2.05, 4.69) is 15.3 Å². The summed E-state index contributed by atoms with van der Waals surface area (Å²) in [5.74, 6) is 0.0312. The van der Waals surface area contributed by atoms with Gasteiger partial charge < -0.3 is 19.5 Å². The molecule has 8 nitrogen and oxygen atoms in total. The largest absolute Gasteiger partial charge is 0.467 e. The first-order valence-electron chi connectivity index (χ1n) is 8.49. The number of H-pyrrole nitrogens is 1. The molecule has 0 aliphatic carbocycles. The number of ether oxygens (including phenoxy) is 1. The fraction of sp³-hybridized carbons (Fsp3) is 0.263. The molecule has 0 saturated heterocycles. The predicted molar refractivity (Wildman–Crippen MR) is 96.9 cm³/mol. The minimum Gasteiger partial charge on any atom is -0.467 e. The van der Waals surface area contributed by atoms with Crippen LogP contribution in [0.5, 0.6) is 0 Å². The fourth-order valence-corrected chi connectivity index (χ4v) is 2.58. The molecule has 0 aliphatic heterocycles. The number of nitrogens with one attached hydrogen (secondary N) is 2. The summed E-state index contributed by atoms with van der Waals surface area (Å²) >= 11 is 0. The Morgan fingerprint density at radius 2 is 2.07 bits per heavy atom. The molecule has 8 heteroatoms. The molecule has 2 N–H and O–H groups in total. The summed E-state index contributed by atoms with van der Waals surface area (Å²) < 4.78 is 10.2. The van der Waals surface area contributed by atoms with Gasteiger partial charge >= 0.3 is 5.97 Å². The maximum atomic E-state index is 12.0. The van der Waals surface area contributed by atoms with E-state index in [0.29, 0.717) is 22.5 Å². The zero-order chi connectivity index (χ0) is 19.2. The molecular weight excluding hydrogens is 350 g/mol. The summed E-state index contributed by atoms with van der Waals surface area (Å²) in [7, 11) is 0. The van der Waals surface area contributed by atoms with Crippen molar-refractivity contribution >= 4 is 22.8 Å². The number of aryl methyl sites for hydroxylation is 1. The molecule has 1 atom stereocenters. The lowest BCUT2D eigenvalue weighted by Gasteiger charge is -2.11. The zero-order valence-electron chi connectivity index (χ0n) is 14.7. The SMILES string of the molecule is C[C@H](NC(=O)COC(=O)CCc1nc2ccccc2c(=O)[nH]1)c1ccco1. The Hall–Kier alpha value is -3.42. The zero-order valence-corrected chi connectivity index (χ0v) is 14.7. The number of carbonyl (C=O) groups is 2. The number of esters is 1. The third-order valence-electron chi connectivity index (χ3n) is 3.94. The number of amides is 1. The highest BCUT2D eigenvalue weighted by atomic mass is 16.5. The summed E-state index contributed by atoms with van der Waals surface area (Å²) in [4.78, 5) is 42.6. The molecular formula is C19H19N3O5. The number of para-hydroxylation sites is 1. The lowest BCUT2D eigenvalue weighted by Crippen LogP contribution is -2.31. The third kappa shape index (κ3) is 4.81. The van der Waals surface area contributed by atoms with Gasteiger partial charge in [-0.25, -0.2) is 4.98 Å². The number of aromatic amines is 1. The minimum absolute atomic E-state index is 0.00228. The maximum absolute atomic E-state index is 12.0. The van der Waals surface area contributed by atoms with Crippen molar-refractivity contribution in [1.82, 2.24) is 15.3 Å².